The van der Waals surface area contributed by atoms with Gasteiger partial charge in [-0.25, -0.2) is 8.78 Å². The lowest BCUT2D eigenvalue weighted by molar-refractivity contribution is -0.121. The van der Waals surface area contributed by atoms with E-state index in [1.807, 2.05) is 0 Å². The molecule has 0 spiro atoms. The first-order valence-corrected chi connectivity index (χ1v) is 4.98. The SMILES string of the molecule is CNC(=O)Cn1nc(C(F)F)c(Br)c1C. The number of rotatable bonds is 3. The first-order chi connectivity index (χ1) is 6.97. The number of hydrogen-bond acceptors (Lipinski definition) is 2. The van der Waals surface area contributed by atoms with E-state index >= 15 is 0 Å². The van der Waals surface area contributed by atoms with Gasteiger partial charge in [0.2, 0.25) is 5.91 Å². The van der Waals surface area contributed by atoms with Crippen LogP contribution in [0.1, 0.15) is 17.8 Å². The molecule has 84 valence electrons. The molecule has 0 unspecified atom stereocenters. The molecule has 0 aliphatic rings. The van der Waals surface area contributed by atoms with Crippen molar-refractivity contribution in [3.63, 3.8) is 0 Å². The second-order valence-electron chi connectivity index (χ2n) is 2.92. The number of hydrogen-bond donors (Lipinski definition) is 1. The van der Waals surface area contributed by atoms with Gasteiger partial charge < -0.3 is 5.32 Å². The molecule has 0 saturated carbocycles. The Kier molecular flexibility index (Phi) is 3.78. The highest BCUT2D eigenvalue weighted by Gasteiger charge is 2.20. The molecule has 1 rings (SSSR count). The summed E-state index contributed by atoms with van der Waals surface area (Å²) in [4.78, 5) is 11.0. The molecule has 1 N–H and O–H groups in total. The zero-order valence-corrected chi connectivity index (χ0v) is 9.81. The van der Waals surface area contributed by atoms with E-state index in [-0.39, 0.29) is 22.6 Å². The van der Waals surface area contributed by atoms with Crippen molar-refractivity contribution in [3.05, 3.63) is 15.9 Å². The Labute approximate surface area is 93.8 Å². The quantitative estimate of drug-likeness (QED) is 0.916. The fourth-order valence-electron chi connectivity index (χ4n) is 1.06. The van der Waals surface area contributed by atoms with Gasteiger partial charge in [-0.1, -0.05) is 0 Å². The molecule has 4 nitrogen and oxygen atoms in total. The van der Waals surface area contributed by atoms with Crippen LogP contribution in [0, 0.1) is 6.92 Å². The fraction of sp³-hybridized carbons (Fsp3) is 0.500. The van der Waals surface area contributed by atoms with Crippen molar-refractivity contribution in [1.82, 2.24) is 15.1 Å². The first-order valence-electron chi connectivity index (χ1n) is 4.19. The number of alkyl halides is 2. The molecule has 15 heavy (non-hydrogen) atoms. The van der Waals surface area contributed by atoms with E-state index in [1.54, 1.807) is 6.92 Å². The highest BCUT2D eigenvalue weighted by atomic mass is 79.9. The molecule has 7 heteroatoms. The Balaban J connectivity index is 3.00. The molecule has 1 aromatic heterocycles. The van der Waals surface area contributed by atoms with Gasteiger partial charge in [0, 0.05) is 7.05 Å². The van der Waals surface area contributed by atoms with Crippen molar-refractivity contribution in [2.75, 3.05) is 7.05 Å². The van der Waals surface area contributed by atoms with Gasteiger partial charge >= 0.3 is 0 Å². The number of aromatic nitrogens is 2. The Bertz CT molecular complexity index is 378. The molecular formula is C8H10BrF2N3O. The summed E-state index contributed by atoms with van der Waals surface area (Å²) in [7, 11) is 1.48. The highest BCUT2D eigenvalue weighted by molar-refractivity contribution is 9.10. The minimum absolute atomic E-state index is 0.0619. The predicted octanol–water partition coefficient (Wildman–Crippen LogP) is 1.64. The number of nitrogens with zero attached hydrogens (tertiary/aromatic N) is 2. The van der Waals surface area contributed by atoms with E-state index in [0.29, 0.717) is 5.69 Å². The van der Waals surface area contributed by atoms with Crippen molar-refractivity contribution >= 4 is 21.8 Å². The lowest BCUT2D eigenvalue weighted by Crippen LogP contribution is -2.24. The summed E-state index contributed by atoms with van der Waals surface area (Å²) >= 11 is 3.02. The second-order valence-corrected chi connectivity index (χ2v) is 3.71. The number of carbonyl (C=O) groups excluding carboxylic acids is 1. The number of halogens is 3. The van der Waals surface area contributed by atoms with Crippen molar-refractivity contribution in [2.45, 2.75) is 19.9 Å². The van der Waals surface area contributed by atoms with Crippen LogP contribution in [0.15, 0.2) is 4.47 Å². The number of nitrogens with one attached hydrogen (secondary N) is 1. The summed E-state index contributed by atoms with van der Waals surface area (Å²) in [5, 5.41) is 6.05. The molecule has 0 atom stereocenters. The van der Waals surface area contributed by atoms with Crippen LogP contribution in [0.4, 0.5) is 8.78 Å². The van der Waals surface area contributed by atoms with E-state index in [2.05, 4.69) is 26.3 Å². The Hall–Kier alpha value is -0.980. The van der Waals surface area contributed by atoms with Gasteiger partial charge in [0.25, 0.3) is 6.43 Å². The lowest BCUT2D eigenvalue weighted by atomic mass is 10.4. The molecule has 1 heterocycles. The van der Waals surface area contributed by atoms with Gasteiger partial charge in [-0.05, 0) is 22.9 Å². The van der Waals surface area contributed by atoms with Crippen LogP contribution < -0.4 is 5.32 Å². The van der Waals surface area contributed by atoms with Crippen LogP contribution in [0.25, 0.3) is 0 Å². The monoisotopic (exact) mass is 281 g/mol. The molecule has 1 amide bonds. The molecule has 1 aromatic rings. The van der Waals surface area contributed by atoms with Crippen molar-refractivity contribution in [3.8, 4) is 0 Å². The van der Waals surface area contributed by atoms with E-state index in [0.717, 1.165) is 0 Å². The maximum atomic E-state index is 12.4. The topological polar surface area (TPSA) is 46.9 Å². The number of carbonyl (C=O) groups is 1. The third-order valence-corrected chi connectivity index (χ3v) is 2.92. The van der Waals surface area contributed by atoms with E-state index in [9.17, 15) is 13.6 Å². The van der Waals surface area contributed by atoms with Crippen LogP contribution in [0.3, 0.4) is 0 Å². The summed E-state index contributed by atoms with van der Waals surface area (Å²) in [6.45, 7) is 1.56. The van der Waals surface area contributed by atoms with Crippen LogP contribution in [0.5, 0.6) is 0 Å². The number of likely N-dealkylation sites (N-methyl/N-ethyl adjacent to an activating group) is 1. The van der Waals surface area contributed by atoms with E-state index in [4.69, 9.17) is 0 Å². The molecule has 0 aromatic carbocycles. The molecule has 0 bridgehead atoms. The maximum absolute atomic E-state index is 12.4. The maximum Gasteiger partial charge on any atom is 0.283 e. The van der Waals surface area contributed by atoms with Crippen LogP contribution in [-0.4, -0.2) is 22.7 Å². The zero-order chi connectivity index (χ0) is 11.6. The Morgan fingerprint density at radius 2 is 2.27 bits per heavy atom. The molecule has 0 radical (unpaired) electrons. The third kappa shape index (κ3) is 2.53. The van der Waals surface area contributed by atoms with Gasteiger partial charge in [0.15, 0.2) is 0 Å². The summed E-state index contributed by atoms with van der Waals surface area (Å²) in [6.07, 6.45) is -2.65. The summed E-state index contributed by atoms with van der Waals surface area (Å²) in [6, 6.07) is 0. The van der Waals surface area contributed by atoms with Crippen LogP contribution in [0.2, 0.25) is 0 Å². The minimum Gasteiger partial charge on any atom is -0.358 e. The standard InChI is InChI=1S/C8H10BrF2N3O/c1-4-6(9)7(8(10)11)13-14(4)3-5(15)12-2/h8H,3H2,1-2H3,(H,12,15). The van der Waals surface area contributed by atoms with Gasteiger partial charge in [0.05, 0.1) is 10.2 Å². The van der Waals surface area contributed by atoms with Crippen LogP contribution >= 0.6 is 15.9 Å². The summed E-state index contributed by atoms with van der Waals surface area (Å²) in [5.41, 5.74) is 0.172. The molecule has 0 aliphatic heterocycles. The number of amides is 1. The molecule has 0 aliphatic carbocycles. The normalized spacial score (nSPS) is 10.8. The Morgan fingerprint density at radius 1 is 1.67 bits per heavy atom. The average molecular weight is 282 g/mol. The van der Waals surface area contributed by atoms with Gasteiger partial charge in [0.1, 0.15) is 12.2 Å². The summed E-state index contributed by atoms with van der Waals surface area (Å²) < 4.78 is 26.4. The molecule has 0 saturated heterocycles. The van der Waals surface area contributed by atoms with Crippen molar-refractivity contribution in [1.29, 1.82) is 0 Å². The van der Waals surface area contributed by atoms with Gasteiger partial charge in [-0.15, -0.1) is 0 Å². The van der Waals surface area contributed by atoms with E-state index in [1.165, 1.54) is 11.7 Å². The molecule has 0 fully saturated rings. The lowest BCUT2D eigenvalue weighted by Gasteiger charge is -2.02. The minimum atomic E-state index is -2.65. The third-order valence-electron chi connectivity index (χ3n) is 1.94. The largest absolute Gasteiger partial charge is 0.358 e. The fourth-order valence-corrected chi connectivity index (χ4v) is 1.51. The molecular weight excluding hydrogens is 272 g/mol. The van der Waals surface area contributed by atoms with Gasteiger partial charge in [-0.3, -0.25) is 9.48 Å². The average Bonchev–Trinajstić information content (AvgIpc) is 2.46. The Morgan fingerprint density at radius 3 is 2.67 bits per heavy atom. The van der Waals surface area contributed by atoms with Gasteiger partial charge in [-0.2, -0.15) is 5.10 Å². The predicted molar refractivity (Wildman–Crippen MR) is 53.7 cm³/mol. The highest BCUT2D eigenvalue weighted by Crippen LogP contribution is 2.28. The van der Waals surface area contributed by atoms with Crippen LogP contribution in [-0.2, 0) is 11.3 Å². The smallest absolute Gasteiger partial charge is 0.283 e. The van der Waals surface area contributed by atoms with Crippen molar-refractivity contribution < 1.29 is 13.6 Å². The zero-order valence-electron chi connectivity index (χ0n) is 8.22. The van der Waals surface area contributed by atoms with E-state index < -0.39 is 6.43 Å². The summed E-state index contributed by atoms with van der Waals surface area (Å²) in [5.74, 6) is -0.283. The van der Waals surface area contributed by atoms with Crippen molar-refractivity contribution in [2.24, 2.45) is 0 Å². The first kappa shape index (κ1) is 12.1. The second kappa shape index (κ2) is 4.69.